The van der Waals surface area contributed by atoms with Crippen molar-refractivity contribution in [3.63, 3.8) is 0 Å². The van der Waals surface area contributed by atoms with E-state index in [1.165, 1.54) is 11.7 Å². The maximum absolute atomic E-state index is 12.7. The van der Waals surface area contributed by atoms with Crippen molar-refractivity contribution in [1.82, 2.24) is 9.88 Å². The molecular weight excluding hydrogens is 396 g/mol. The quantitative estimate of drug-likeness (QED) is 0.630. The highest BCUT2D eigenvalue weighted by Gasteiger charge is 2.26. The van der Waals surface area contributed by atoms with Gasteiger partial charge in [0.1, 0.15) is 11.6 Å². The van der Waals surface area contributed by atoms with E-state index < -0.39 is 23.7 Å². The topological polar surface area (TPSA) is 86.6 Å². The van der Waals surface area contributed by atoms with Crippen molar-refractivity contribution in [2.75, 3.05) is 7.11 Å². The van der Waals surface area contributed by atoms with Crippen molar-refractivity contribution in [2.24, 2.45) is 0 Å². The number of ether oxygens (including phenoxy) is 2. The van der Waals surface area contributed by atoms with Crippen LogP contribution in [0.4, 0.5) is 4.79 Å². The highest BCUT2D eigenvalue weighted by Crippen LogP contribution is 2.24. The molecule has 0 saturated heterocycles. The SMILES string of the molecule is COC(=O)[C@H](Cc1cn(C(=O)OC(C)(C)C)c2ccccc12)NC(=O)c1ccccc1. The molecule has 0 fully saturated rings. The lowest BCUT2D eigenvalue weighted by Gasteiger charge is -2.19. The predicted molar refractivity (Wildman–Crippen MR) is 117 cm³/mol. The van der Waals surface area contributed by atoms with Gasteiger partial charge in [0.2, 0.25) is 0 Å². The molecule has 3 aromatic rings. The Hall–Kier alpha value is -3.61. The van der Waals surface area contributed by atoms with Crippen LogP contribution in [0.2, 0.25) is 0 Å². The molecule has 0 saturated carbocycles. The first kappa shape index (κ1) is 22.1. The van der Waals surface area contributed by atoms with Gasteiger partial charge in [-0.25, -0.2) is 9.59 Å². The minimum atomic E-state index is -0.921. The Labute approximate surface area is 181 Å². The number of para-hydroxylation sites is 1. The third-order valence-corrected chi connectivity index (χ3v) is 4.64. The van der Waals surface area contributed by atoms with E-state index in [0.29, 0.717) is 16.6 Å². The molecule has 0 spiro atoms. The molecule has 7 nitrogen and oxygen atoms in total. The largest absolute Gasteiger partial charge is 0.467 e. The molecule has 0 aliphatic rings. The molecule has 0 aliphatic heterocycles. The highest BCUT2D eigenvalue weighted by molar-refractivity contribution is 5.97. The monoisotopic (exact) mass is 422 g/mol. The highest BCUT2D eigenvalue weighted by atomic mass is 16.6. The van der Waals surface area contributed by atoms with Crippen molar-refractivity contribution < 1.29 is 23.9 Å². The standard InChI is InChI=1S/C24H26N2O5/c1-24(2,3)31-23(29)26-15-17(18-12-8-9-13-20(18)26)14-19(22(28)30-4)25-21(27)16-10-6-5-7-11-16/h5-13,15,19H,14H2,1-4H3,(H,25,27)/t19-/m0/s1. The minimum absolute atomic E-state index is 0.154. The van der Waals surface area contributed by atoms with Gasteiger partial charge in [0.25, 0.3) is 5.91 Å². The lowest BCUT2D eigenvalue weighted by Crippen LogP contribution is -2.43. The fourth-order valence-corrected chi connectivity index (χ4v) is 3.26. The van der Waals surface area contributed by atoms with E-state index in [-0.39, 0.29) is 12.3 Å². The van der Waals surface area contributed by atoms with Gasteiger partial charge in [-0.15, -0.1) is 0 Å². The third-order valence-electron chi connectivity index (χ3n) is 4.64. The maximum Gasteiger partial charge on any atom is 0.419 e. The van der Waals surface area contributed by atoms with Crippen LogP contribution in [0.25, 0.3) is 10.9 Å². The summed E-state index contributed by atoms with van der Waals surface area (Å²) < 4.78 is 11.8. The molecule has 2 aromatic carbocycles. The van der Waals surface area contributed by atoms with Crippen molar-refractivity contribution in [3.8, 4) is 0 Å². The number of nitrogens with one attached hydrogen (secondary N) is 1. The molecule has 7 heteroatoms. The molecule has 0 aliphatic carbocycles. The van der Waals surface area contributed by atoms with Crippen LogP contribution < -0.4 is 5.32 Å². The first-order valence-electron chi connectivity index (χ1n) is 9.95. The number of rotatable bonds is 5. The smallest absolute Gasteiger partial charge is 0.419 e. The van der Waals surface area contributed by atoms with E-state index in [1.54, 1.807) is 63.4 Å². The molecule has 0 radical (unpaired) electrons. The zero-order chi connectivity index (χ0) is 22.6. The van der Waals surface area contributed by atoms with Crippen molar-refractivity contribution in [2.45, 2.75) is 38.8 Å². The zero-order valence-electron chi connectivity index (χ0n) is 18.0. The van der Waals surface area contributed by atoms with Crippen molar-refractivity contribution >= 4 is 28.9 Å². The number of methoxy groups -OCH3 is 1. The summed E-state index contributed by atoms with van der Waals surface area (Å²) >= 11 is 0. The lowest BCUT2D eigenvalue weighted by atomic mass is 10.0. The summed E-state index contributed by atoms with van der Waals surface area (Å²) in [7, 11) is 1.27. The summed E-state index contributed by atoms with van der Waals surface area (Å²) in [5.74, 6) is -0.953. The molecule has 1 amide bonds. The molecule has 1 atom stereocenters. The number of aromatic nitrogens is 1. The van der Waals surface area contributed by atoms with Gasteiger partial charge >= 0.3 is 12.1 Å². The van der Waals surface area contributed by atoms with Crippen LogP contribution in [0.1, 0.15) is 36.7 Å². The van der Waals surface area contributed by atoms with Crippen LogP contribution in [-0.2, 0) is 20.7 Å². The van der Waals surface area contributed by atoms with E-state index in [1.807, 2.05) is 18.2 Å². The number of benzene rings is 2. The second-order valence-corrected chi connectivity index (χ2v) is 8.14. The number of hydrogen-bond donors (Lipinski definition) is 1. The minimum Gasteiger partial charge on any atom is -0.467 e. The first-order chi connectivity index (χ1) is 14.7. The van der Waals surface area contributed by atoms with Gasteiger partial charge in [-0.3, -0.25) is 9.36 Å². The van der Waals surface area contributed by atoms with E-state index in [0.717, 1.165) is 5.39 Å². The van der Waals surface area contributed by atoms with Gasteiger partial charge < -0.3 is 14.8 Å². The van der Waals surface area contributed by atoms with E-state index in [9.17, 15) is 14.4 Å². The molecule has 0 bridgehead atoms. The number of carbonyl (C=O) groups excluding carboxylic acids is 3. The zero-order valence-corrected chi connectivity index (χ0v) is 18.0. The van der Waals surface area contributed by atoms with E-state index in [2.05, 4.69) is 5.32 Å². The number of hydrogen-bond acceptors (Lipinski definition) is 5. The number of carbonyl (C=O) groups is 3. The summed E-state index contributed by atoms with van der Waals surface area (Å²) in [6.45, 7) is 5.39. The number of esters is 1. The normalized spacial score (nSPS) is 12.3. The van der Waals surface area contributed by atoms with Gasteiger partial charge in [-0.1, -0.05) is 36.4 Å². The van der Waals surface area contributed by atoms with E-state index >= 15 is 0 Å². The van der Waals surface area contributed by atoms with Crippen LogP contribution in [0.3, 0.4) is 0 Å². The molecule has 0 unspecified atom stereocenters. The van der Waals surface area contributed by atoms with Gasteiger partial charge in [-0.2, -0.15) is 0 Å². The average molecular weight is 422 g/mol. The Morgan fingerprint density at radius 2 is 1.65 bits per heavy atom. The molecular formula is C24H26N2O5. The van der Waals surface area contributed by atoms with E-state index in [4.69, 9.17) is 9.47 Å². The van der Waals surface area contributed by atoms with Crippen LogP contribution in [-0.4, -0.2) is 41.3 Å². The summed E-state index contributed by atoms with van der Waals surface area (Å²) in [6.07, 6.45) is 1.28. The van der Waals surface area contributed by atoms with Gasteiger partial charge in [0.15, 0.2) is 0 Å². The average Bonchev–Trinajstić information content (AvgIpc) is 3.11. The maximum atomic E-state index is 12.7. The molecule has 1 N–H and O–H groups in total. The van der Waals surface area contributed by atoms with Crippen molar-refractivity contribution in [1.29, 1.82) is 0 Å². The molecule has 31 heavy (non-hydrogen) atoms. The Morgan fingerprint density at radius 1 is 1.00 bits per heavy atom. The second-order valence-electron chi connectivity index (χ2n) is 8.14. The molecule has 1 aromatic heterocycles. The van der Waals surface area contributed by atoms with Gasteiger partial charge in [0, 0.05) is 23.6 Å². The summed E-state index contributed by atoms with van der Waals surface area (Å²) in [6, 6.07) is 15.0. The summed E-state index contributed by atoms with van der Waals surface area (Å²) in [5, 5.41) is 3.52. The first-order valence-corrected chi connectivity index (χ1v) is 9.95. The van der Waals surface area contributed by atoms with Crippen LogP contribution in [0, 0.1) is 0 Å². The number of nitrogens with zero attached hydrogens (tertiary/aromatic N) is 1. The summed E-state index contributed by atoms with van der Waals surface area (Å²) in [4.78, 5) is 37.7. The second kappa shape index (κ2) is 9.04. The Kier molecular flexibility index (Phi) is 6.44. The van der Waals surface area contributed by atoms with Crippen LogP contribution in [0.5, 0.6) is 0 Å². The lowest BCUT2D eigenvalue weighted by molar-refractivity contribution is -0.142. The van der Waals surface area contributed by atoms with Gasteiger partial charge in [0.05, 0.1) is 12.6 Å². The fraction of sp³-hybridized carbons (Fsp3) is 0.292. The molecule has 1 heterocycles. The Balaban J connectivity index is 1.92. The predicted octanol–water partition coefficient (Wildman–Crippen LogP) is 3.94. The fourth-order valence-electron chi connectivity index (χ4n) is 3.26. The Morgan fingerprint density at radius 3 is 2.29 bits per heavy atom. The Bertz CT molecular complexity index is 1100. The number of amides is 1. The third kappa shape index (κ3) is 5.31. The van der Waals surface area contributed by atoms with Crippen LogP contribution >= 0.6 is 0 Å². The molecule has 3 rings (SSSR count). The summed E-state index contributed by atoms with van der Waals surface area (Å²) in [5.41, 5.74) is 1.16. The van der Waals surface area contributed by atoms with Gasteiger partial charge in [-0.05, 0) is 44.5 Å². The van der Waals surface area contributed by atoms with Crippen LogP contribution in [0.15, 0.2) is 60.8 Å². The molecule has 162 valence electrons. The van der Waals surface area contributed by atoms with Crippen molar-refractivity contribution in [3.05, 3.63) is 71.9 Å². The number of fused-ring (bicyclic) bond motifs is 1.